The quantitative estimate of drug-likeness (QED) is 0.795. The molecule has 2 N–H and O–H groups in total. The molecule has 0 spiro atoms. The van der Waals surface area contributed by atoms with Crippen LogP contribution < -0.4 is 5.32 Å². The molecule has 16 heavy (non-hydrogen) atoms. The summed E-state index contributed by atoms with van der Waals surface area (Å²) in [5.41, 5.74) is 1.37. The van der Waals surface area contributed by atoms with E-state index in [1.54, 1.807) is 6.20 Å². The van der Waals surface area contributed by atoms with Gasteiger partial charge in [-0.05, 0) is 37.3 Å². The van der Waals surface area contributed by atoms with Crippen LogP contribution >= 0.6 is 0 Å². The number of nitrogens with zero attached hydrogens (tertiary/aromatic N) is 1. The number of hydrogen-bond acceptors (Lipinski definition) is 3. The fraction of sp³-hybridized carbons (Fsp3) is 0.500. The van der Waals surface area contributed by atoms with Gasteiger partial charge in [0.2, 0.25) is 0 Å². The van der Waals surface area contributed by atoms with E-state index in [2.05, 4.69) is 10.3 Å². The van der Waals surface area contributed by atoms with E-state index in [0.29, 0.717) is 18.2 Å². The zero-order chi connectivity index (χ0) is 11.5. The van der Waals surface area contributed by atoms with Crippen molar-refractivity contribution in [2.45, 2.75) is 25.9 Å². The third-order valence-electron chi connectivity index (χ3n) is 2.99. The highest BCUT2D eigenvalue weighted by Crippen LogP contribution is 2.26. The number of carbonyl (C=O) groups excluding carboxylic acids is 1. The van der Waals surface area contributed by atoms with Gasteiger partial charge >= 0.3 is 0 Å². The summed E-state index contributed by atoms with van der Waals surface area (Å²) in [4.78, 5) is 15.8. The number of aromatic nitrogens is 1. The lowest BCUT2D eigenvalue weighted by Crippen LogP contribution is -2.38. The minimum absolute atomic E-state index is 0.125. The molecule has 1 heterocycles. The fourth-order valence-corrected chi connectivity index (χ4v) is 1.91. The van der Waals surface area contributed by atoms with Crippen LogP contribution in [-0.2, 0) is 0 Å². The SMILES string of the molecule is Cc1cccnc1C(=O)NCC1CC(O)C1. The van der Waals surface area contributed by atoms with Gasteiger partial charge in [0.1, 0.15) is 5.69 Å². The molecule has 0 aliphatic heterocycles. The predicted molar refractivity (Wildman–Crippen MR) is 60.0 cm³/mol. The molecule has 1 aliphatic carbocycles. The van der Waals surface area contributed by atoms with Crippen LogP contribution in [0.5, 0.6) is 0 Å². The molecule has 0 bridgehead atoms. The summed E-state index contributed by atoms with van der Waals surface area (Å²) in [5, 5.41) is 12.0. The van der Waals surface area contributed by atoms with E-state index in [1.807, 2.05) is 19.1 Å². The van der Waals surface area contributed by atoms with Gasteiger partial charge in [-0.2, -0.15) is 0 Å². The maximum Gasteiger partial charge on any atom is 0.270 e. The molecule has 1 aliphatic rings. The Hall–Kier alpha value is -1.42. The Morgan fingerprint density at radius 1 is 1.62 bits per heavy atom. The van der Waals surface area contributed by atoms with Crippen molar-refractivity contribution in [3.63, 3.8) is 0 Å². The average Bonchev–Trinajstić information content (AvgIpc) is 2.23. The molecular formula is C12H16N2O2. The Balaban J connectivity index is 1.86. The summed E-state index contributed by atoms with van der Waals surface area (Å²) in [6.07, 6.45) is 3.04. The van der Waals surface area contributed by atoms with Gasteiger partial charge in [-0.3, -0.25) is 9.78 Å². The van der Waals surface area contributed by atoms with Crippen LogP contribution in [0.15, 0.2) is 18.3 Å². The Kier molecular flexibility index (Phi) is 3.19. The number of aliphatic hydroxyl groups excluding tert-OH is 1. The number of rotatable bonds is 3. The van der Waals surface area contributed by atoms with Crippen molar-refractivity contribution >= 4 is 5.91 Å². The first-order chi connectivity index (χ1) is 7.66. The molecule has 0 aromatic carbocycles. The summed E-state index contributed by atoms with van der Waals surface area (Å²) < 4.78 is 0. The van der Waals surface area contributed by atoms with Gasteiger partial charge in [0.05, 0.1) is 6.10 Å². The Morgan fingerprint density at radius 3 is 3.00 bits per heavy atom. The molecule has 0 unspecified atom stereocenters. The van der Waals surface area contributed by atoms with Gasteiger partial charge in [-0.1, -0.05) is 6.07 Å². The van der Waals surface area contributed by atoms with Gasteiger partial charge in [0.15, 0.2) is 0 Å². The van der Waals surface area contributed by atoms with Crippen LogP contribution in [0.1, 0.15) is 28.9 Å². The molecule has 4 nitrogen and oxygen atoms in total. The van der Waals surface area contributed by atoms with Crippen molar-refractivity contribution in [2.75, 3.05) is 6.54 Å². The second-order valence-electron chi connectivity index (χ2n) is 4.37. The summed E-state index contributed by atoms with van der Waals surface area (Å²) in [6.45, 7) is 2.50. The second-order valence-corrected chi connectivity index (χ2v) is 4.37. The lowest BCUT2D eigenvalue weighted by Gasteiger charge is -2.31. The highest BCUT2D eigenvalue weighted by atomic mass is 16.3. The molecule has 0 saturated heterocycles. The number of pyridine rings is 1. The normalized spacial score (nSPS) is 23.6. The third-order valence-corrected chi connectivity index (χ3v) is 2.99. The van der Waals surface area contributed by atoms with E-state index in [4.69, 9.17) is 5.11 Å². The summed E-state index contributed by atoms with van der Waals surface area (Å²) >= 11 is 0. The highest BCUT2D eigenvalue weighted by molar-refractivity contribution is 5.93. The van der Waals surface area contributed by atoms with Crippen LogP contribution in [0.25, 0.3) is 0 Å². The van der Waals surface area contributed by atoms with Crippen molar-refractivity contribution < 1.29 is 9.90 Å². The molecule has 1 aromatic heterocycles. The maximum atomic E-state index is 11.8. The predicted octanol–water partition coefficient (Wildman–Crippen LogP) is 0.891. The van der Waals surface area contributed by atoms with Crippen LogP contribution in [0, 0.1) is 12.8 Å². The van der Waals surface area contributed by atoms with Gasteiger partial charge in [-0.15, -0.1) is 0 Å². The van der Waals surface area contributed by atoms with Crippen LogP contribution in [-0.4, -0.2) is 28.6 Å². The number of hydrogen-bond donors (Lipinski definition) is 2. The molecule has 1 fully saturated rings. The molecule has 1 aromatic rings. The summed E-state index contributed by atoms with van der Waals surface area (Å²) in [6, 6.07) is 3.68. The molecule has 1 amide bonds. The first-order valence-electron chi connectivity index (χ1n) is 5.54. The Labute approximate surface area is 94.7 Å². The molecule has 4 heteroatoms. The van der Waals surface area contributed by atoms with Crippen LogP contribution in [0.3, 0.4) is 0 Å². The van der Waals surface area contributed by atoms with Gasteiger partial charge < -0.3 is 10.4 Å². The topological polar surface area (TPSA) is 62.2 Å². The molecule has 0 radical (unpaired) electrons. The first kappa shape index (κ1) is 11.1. The lowest BCUT2D eigenvalue weighted by molar-refractivity contribution is 0.0419. The number of aryl methyl sites for hydroxylation is 1. The van der Waals surface area contributed by atoms with E-state index < -0.39 is 0 Å². The summed E-state index contributed by atoms with van der Waals surface area (Å²) in [5.74, 6) is 0.294. The molecule has 86 valence electrons. The smallest absolute Gasteiger partial charge is 0.270 e. The lowest BCUT2D eigenvalue weighted by atomic mass is 9.82. The second kappa shape index (κ2) is 4.61. The first-order valence-corrected chi connectivity index (χ1v) is 5.54. The zero-order valence-electron chi connectivity index (χ0n) is 9.31. The number of carbonyl (C=O) groups is 1. The van der Waals surface area contributed by atoms with Crippen molar-refractivity contribution in [2.24, 2.45) is 5.92 Å². The highest BCUT2D eigenvalue weighted by Gasteiger charge is 2.27. The van der Waals surface area contributed by atoms with Crippen molar-refractivity contribution in [1.82, 2.24) is 10.3 Å². The third kappa shape index (κ3) is 2.39. The van der Waals surface area contributed by atoms with Gasteiger partial charge in [-0.25, -0.2) is 0 Å². The number of nitrogens with one attached hydrogen (secondary N) is 1. The van der Waals surface area contributed by atoms with E-state index in [0.717, 1.165) is 18.4 Å². The maximum absolute atomic E-state index is 11.8. The van der Waals surface area contributed by atoms with E-state index >= 15 is 0 Å². The van der Waals surface area contributed by atoms with Crippen LogP contribution in [0.4, 0.5) is 0 Å². The minimum atomic E-state index is -0.168. The van der Waals surface area contributed by atoms with Crippen molar-refractivity contribution in [3.05, 3.63) is 29.6 Å². The molecule has 0 atom stereocenters. The number of amides is 1. The Bertz CT molecular complexity index is 386. The zero-order valence-corrected chi connectivity index (χ0v) is 9.31. The van der Waals surface area contributed by atoms with E-state index in [-0.39, 0.29) is 12.0 Å². The standard InChI is InChI=1S/C12H16N2O2/c1-8-3-2-4-13-11(8)12(16)14-7-9-5-10(15)6-9/h2-4,9-10,15H,5-7H2,1H3,(H,14,16). The number of aliphatic hydroxyl groups is 1. The van der Waals surface area contributed by atoms with E-state index in [9.17, 15) is 4.79 Å². The van der Waals surface area contributed by atoms with E-state index in [1.165, 1.54) is 0 Å². The molecule has 2 rings (SSSR count). The van der Waals surface area contributed by atoms with Gasteiger partial charge in [0, 0.05) is 12.7 Å². The summed E-state index contributed by atoms with van der Waals surface area (Å²) in [7, 11) is 0. The fourth-order valence-electron chi connectivity index (χ4n) is 1.91. The van der Waals surface area contributed by atoms with Crippen molar-refractivity contribution in [3.8, 4) is 0 Å². The monoisotopic (exact) mass is 220 g/mol. The molecule has 1 saturated carbocycles. The van der Waals surface area contributed by atoms with Gasteiger partial charge in [0.25, 0.3) is 5.91 Å². The van der Waals surface area contributed by atoms with Crippen LogP contribution in [0.2, 0.25) is 0 Å². The minimum Gasteiger partial charge on any atom is -0.393 e. The van der Waals surface area contributed by atoms with Crippen molar-refractivity contribution in [1.29, 1.82) is 0 Å². The largest absolute Gasteiger partial charge is 0.393 e. The Morgan fingerprint density at radius 2 is 2.38 bits per heavy atom. The molecular weight excluding hydrogens is 204 g/mol. The average molecular weight is 220 g/mol.